The summed E-state index contributed by atoms with van der Waals surface area (Å²) in [5.74, 6) is 7.14. The van der Waals surface area contributed by atoms with E-state index in [1.165, 1.54) is 0 Å². The molecule has 0 spiro atoms. The molecule has 2 heterocycles. The molecule has 3 heteroatoms. The molecule has 1 aromatic heterocycles. The van der Waals surface area contributed by atoms with Crippen LogP contribution in [-0.4, -0.2) is 17.7 Å². The van der Waals surface area contributed by atoms with Gasteiger partial charge in [-0.1, -0.05) is 49.1 Å². The van der Waals surface area contributed by atoms with Crippen molar-refractivity contribution in [2.24, 2.45) is 5.92 Å². The van der Waals surface area contributed by atoms with Crippen LogP contribution in [0.15, 0.2) is 59.4 Å². The van der Waals surface area contributed by atoms with Gasteiger partial charge in [-0.25, -0.2) is 0 Å². The van der Waals surface area contributed by atoms with Crippen LogP contribution in [0.4, 0.5) is 0 Å². The Morgan fingerprint density at radius 2 is 1.85 bits per heavy atom. The molecule has 0 saturated carbocycles. The van der Waals surface area contributed by atoms with Crippen LogP contribution in [0.3, 0.4) is 0 Å². The highest BCUT2D eigenvalue weighted by molar-refractivity contribution is 5.88. The Morgan fingerprint density at radius 3 is 2.59 bits per heavy atom. The number of nitrogens with one attached hydrogen (secondary N) is 1. The first-order valence-corrected chi connectivity index (χ1v) is 9.73. The molecule has 4 rings (SSSR count). The van der Waals surface area contributed by atoms with Gasteiger partial charge in [-0.2, -0.15) is 0 Å². The van der Waals surface area contributed by atoms with E-state index in [4.69, 9.17) is 0 Å². The molecule has 2 aromatic carbocycles. The standard InChI is InChI=1S/C24H24N2O/c1-2-21-17-20-8-6-7-19(12-11-18-13-15-25-16-14-18)23(20)24(27)26(21)22-9-4-3-5-10-22/h3-10,17-18,25H,2,13-16H2,1H3. The number of piperidine rings is 1. The van der Waals surface area contributed by atoms with Crippen LogP contribution in [0.1, 0.15) is 31.0 Å². The van der Waals surface area contributed by atoms with E-state index in [1.54, 1.807) is 0 Å². The smallest absolute Gasteiger partial charge is 0.264 e. The summed E-state index contributed by atoms with van der Waals surface area (Å²) in [4.78, 5) is 13.5. The van der Waals surface area contributed by atoms with E-state index in [-0.39, 0.29) is 5.56 Å². The number of nitrogens with zero attached hydrogens (tertiary/aromatic N) is 1. The van der Waals surface area contributed by atoms with Crippen molar-refractivity contribution in [1.82, 2.24) is 9.88 Å². The van der Waals surface area contributed by atoms with Gasteiger partial charge in [-0.15, -0.1) is 0 Å². The Balaban J connectivity index is 1.89. The van der Waals surface area contributed by atoms with Crippen molar-refractivity contribution in [1.29, 1.82) is 0 Å². The third kappa shape index (κ3) is 3.54. The number of benzene rings is 2. The van der Waals surface area contributed by atoms with E-state index in [0.29, 0.717) is 5.92 Å². The number of rotatable bonds is 2. The third-order valence-corrected chi connectivity index (χ3v) is 5.25. The van der Waals surface area contributed by atoms with Gasteiger partial charge in [0.15, 0.2) is 0 Å². The van der Waals surface area contributed by atoms with Crippen molar-refractivity contribution in [3.05, 3.63) is 76.2 Å². The molecule has 1 saturated heterocycles. The Hall–Kier alpha value is -2.83. The van der Waals surface area contributed by atoms with Crippen molar-refractivity contribution >= 4 is 10.8 Å². The van der Waals surface area contributed by atoms with E-state index in [0.717, 1.165) is 60.1 Å². The Morgan fingerprint density at radius 1 is 1.07 bits per heavy atom. The molecule has 0 aliphatic carbocycles. The highest BCUT2D eigenvalue weighted by Crippen LogP contribution is 2.20. The molecule has 3 aromatic rings. The minimum absolute atomic E-state index is 0.0192. The largest absolute Gasteiger partial charge is 0.317 e. The Labute approximate surface area is 160 Å². The minimum atomic E-state index is 0.0192. The molecular weight excluding hydrogens is 332 g/mol. The topological polar surface area (TPSA) is 34.0 Å². The number of pyridine rings is 1. The van der Waals surface area contributed by atoms with Crippen molar-refractivity contribution in [3.63, 3.8) is 0 Å². The summed E-state index contributed by atoms with van der Waals surface area (Å²) in [7, 11) is 0. The van der Waals surface area contributed by atoms with E-state index in [2.05, 4.69) is 30.1 Å². The SMILES string of the molecule is CCc1cc2cccc(C#CC3CCNCC3)c2c(=O)n1-c1ccccc1. The van der Waals surface area contributed by atoms with Gasteiger partial charge in [0.25, 0.3) is 5.56 Å². The lowest BCUT2D eigenvalue weighted by Crippen LogP contribution is -2.27. The number of aromatic nitrogens is 1. The summed E-state index contributed by atoms with van der Waals surface area (Å²) >= 11 is 0. The van der Waals surface area contributed by atoms with Crippen LogP contribution in [0.2, 0.25) is 0 Å². The highest BCUT2D eigenvalue weighted by atomic mass is 16.1. The highest BCUT2D eigenvalue weighted by Gasteiger charge is 2.13. The van der Waals surface area contributed by atoms with E-state index < -0.39 is 0 Å². The molecule has 1 N–H and O–H groups in total. The van der Waals surface area contributed by atoms with E-state index in [1.807, 2.05) is 53.1 Å². The summed E-state index contributed by atoms with van der Waals surface area (Å²) in [6, 6.07) is 18.0. The molecular formula is C24H24N2O. The van der Waals surface area contributed by atoms with Crippen LogP contribution in [0, 0.1) is 17.8 Å². The zero-order chi connectivity index (χ0) is 18.6. The van der Waals surface area contributed by atoms with Crippen LogP contribution >= 0.6 is 0 Å². The zero-order valence-corrected chi connectivity index (χ0v) is 15.7. The quantitative estimate of drug-likeness (QED) is 0.707. The normalized spacial score (nSPS) is 14.7. The fourth-order valence-corrected chi connectivity index (χ4v) is 3.79. The molecule has 3 nitrogen and oxygen atoms in total. The monoisotopic (exact) mass is 356 g/mol. The maximum absolute atomic E-state index is 13.5. The maximum atomic E-state index is 13.5. The molecule has 0 unspecified atom stereocenters. The van der Waals surface area contributed by atoms with Gasteiger partial charge in [0.05, 0.1) is 5.39 Å². The minimum Gasteiger partial charge on any atom is -0.317 e. The summed E-state index contributed by atoms with van der Waals surface area (Å²) in [5.41, 5.74) is 2.78. The van der Waals surface area contributed by atoms with Gasteiger partial charge in [0.2, 0.25) is 0 Å². The van der Waals surface area contributed by atoms with Crippen molar-refractivity contribution in [2.45, 2.75) is 26.2 Å². The predicted molar refractivity (Wildman–Crippen MR) is 111 cm³/mol. The number of hydrogen-bond donors (Lipinski definition) is 1. The number of fused-ring (bicyclic) bond motifs is 1. The summed E-state index contributed by atoms with van der Waals surface area (Å²) < 4.78 is 1.83. The first kappa shape index (κ1) is 17.6. The molecule has 1 fully saturated rings. The lowest BCUT2D eigenvalue weighted by Gasteiger charge is -2.17. The van der Waals surface area contributed by atoms with E-state index >= 15 is 0 Å². The molecule has 1 aliphatic rings. The summed E-state index contributed by atoms with van der Waals surface area (Å²) in [6.07, 6.45) is 2.95. The van der Waals surface area contributed by atoms with Crippen molar-refractivity contribution in [3.8, 4) is 17.5 Å². The van der Waals surface area contributed by atoms with Crippen LogP contribution in [0.5, 0.6) is 0 Å². The first-order chi connectivity index (χ1) is 13.3. The maximum Gasteiger partial charge on any atom is 0.264 e. The zero-order valence-electron chi connectivity index (χ0n) is 15.7. The summed E-state index contributed by atoms with van der Waals surface area (Å²) in [5, 5.41) is 5.06. The predicted octanol–water partition coefficient (Wildman–Crippen LogP) is 3.90. The molecule has 136 valence electrons. The second kappa shape index (κ2) is 7.82. The van der Waals surface area contributed by atoms with Crippen molar-refractivity contribution < 1.29 is 0 Å². The second-order valence-electron chi connectivity index (χ2n) is 7.03. The molecule has 27 heavy (non-hydrogen) atoms. The van der Waals surface area contributed by atoms with Gasteiger partial charge in [0.1, 0.15) is 0 Å². The fourth-order valence-electron chi connectivity index (χ4n) is 3.79. The average molecular weight is 356 g/mol. The first-order valence-electron chi connectivity index (χ1n) is 9.73. The molecule has 0 radical (unpaired) electrons. The van der Waals surface area contributed by atoms with Gasteiger partial charge in [0, 0.05) is 22.9 Å². The summed E-state index contributed by atoms with van der Waals surface area (Å²) in [6.45, 7) is 4.13. The van der Waals surface area contributed by atoms with Gasteiger partial charge in [-0.3, -0.25) is 9.36 Å². The average Bonchev–Trinajstić information content (AvgIpc) is 2.73. The molecule has 0 amide bonds. The Bertz CT molecular complexity index is 1060. The molecule has 0 bridgehead atoms. The van der Waals surface area contributed by atoms with Gasteiger partial charge in [-0.05, 0) is 62.0 Å². The number of hydrogen-bond acceptors (Lipinski definition) is 2. The van der Waals surface area contributed by atoms with Gasteiger partial charge >= 0.3 is 0 Å². The van der Waals surface area contributed by atoms with Crippen LogP contribution in [-0.2, 0) is 6.42 Å². The lowest BCUT2D eigenvalue weighted by atomic mass is 9.97. The second-order valence-corrected chi connectivity index (χ2v) is 7.03. The number of para-hydroxylation sites is 1. The van der Waals surface area contributed by atoms with Crippen molar-refractivity contribution in [2.75, 3.05) is 13.1 Å². The Kier molecular flexibility index (Phi) is 5.09. The molecule has 1 aliphatic heterocycles. The van der Waals surface area contributed by atoms with Gasteiger partial charge < -0.3 is 5.32 Å². The lowest BCUT2D eigenvalue weighted by molar-refractivity contribution is 0.447. The third-order valence-electron chi connectivity index (χ3n) is 5.25. The molecule has 0 atom stereocenters. The van der Waals surface area contributed by atoms with Crippen LogP contribution in [0.25, 0.3) is 16.5 Å². The van der Waals surface area contributed by atoms with E-state index in [9.17, 15) is 4.79 Å². The van der Waals surface area contributed by atoms with Crippen LogP contribution < -0.4 is 10.9 Å². The number of aryl methyl sites for hydroxylation is 1. The fraction of sp³-hybridized carbons (Fsp3) is 0.292.